The summed E-state index contributed by atoms with van der Waals surface area (Å²) in [4.78, 5) is 24.9. The quantitative estimate of drug-likeness (QED) is 0.846. The van der Waals surface area contributed by atoms with Crippen molar-refractivity contribution in [2.45, 2.75) is 33.2 Å². The molecule has 5 heteroatoms. The Morgan fingerprint density at radius 1 is 1.32 bits per heavy atom. The molecule has 120 valence electrons. The molecule has 1 aliphatic heterocycles. The van der Waals surface area contributed by atoms with E-state index in [-0.39, 0.29) is 24.5 Å². The molecule has 2 rings (SSSR count). The molecule has 22 heavy (non-hydrogen) atoms. The minimum atomic E-state index is -0.291. The predicted molar refractivity (Wildman–Crippen MR) is 86.5 cm³/mol. The highest BCUT2D eigenvalue weighted by Gasteiger charge is 2.26. The fourth-order valence-corrected chi connectivity index (χ4v) is 2.70. The Hall–Kier alpha value is -1.88. The third-order valence-electron chi connectivity index (χ3n) is 4.04. The van der Waals surface area contributed by atoms with Gasteiger partial charge in [-0.3, -0.25) is 9.69 Å². The van der Waals surface area contributed by atoms with E-state index in [0.29, 0.717) is 19.0 Å². The van der Waals surface area contributed by atoms with Crippen LogP contribution in [0.2, 0.25) is 0 Å². The Bertz CT molecular complexity index is 525. The number of benzene rings is 1. The summed E-state index contributed by atoms with van der Waals surface area (Å²) in [6.07, 6.45) is 1.02. The molecule has 1 atom stereocenters. The largest absolute Gasteiger partial charge is 0.336 e. The number of urea groups is 1. The minimum Gasteiger partial charge on any atom is -0.336 e. The first-order valence-electron chi connectivity index (χ1n) is 7.93. The Labute approximate surface area is 132 Å². The molecule has 0 saturated carbocycles. The molecule has 1 saturated heterocycles. The molecule has 1 fully saturated rings. The number of carbonyl (C=O) groups is 2. The molecule has 1 heterocycles. The maximum Gasteiger partial charge on any atom is 0.324 e. The number of amides is 3. The van der Waals surface area contributed by atoms with Crippen LogP contribution in [0.4, 0.5) is 4.79 Å². The lowest BCUT2D eigenvalue weighted by Gasteiger charge is -2.24. The molecule has 0 bridgehead atoms. The van der Waals surface area contributed by atoms with Crippen molar-refractivity contribution in [1.29, 1.82) is 0 Å². The van der Waals surface area contributed by atoms with Gasteiger partial charge >= 0.3 is 6.03 Å². The zero-order valence-corrected chi connectivity index (χ0v) is 13.6. The van der Waals surface area contributed by atoms with Crippen LogP contribution in [0.1, 0.15) is 37.9 Å². The van der Waals surface area contributed by atoms with Gasteiger partial charge in [-0.1, -0.05) is 45.0 Å². The van der Waals surface area contributed by atoms with Gasteiger partial charge in [0.05, 0.1) is 6.54 Å². The highest BCUT2D eigenvalue weighted by Crippen LogP contribution is 2.22. The summed E-state index contributed by atoms with van der Waals surface area (Å²) in [5.41, 5.74) is 2.47. The summed E-state index contributed by atoms with van der Waals surface area (Å²) in [7, 11) is 0. The second kappa shape index (κ2) is 7.40. The molecule has 0 unspecified atom stereocenters. The number of nitrogens with one attached hydrogen (secondary N) is 2. The van der Waals surface area contributed by atoms with Crippen LogP contribution in [0.3, 0.4) is 0 Å². The summed E-state index contributed by atoms with van der Waals surface area (Å²) in [5.74, 6) is 0.179. The molecule has 1 aromatic rings. The lowest BCUT2D eigenvalue weighted by molar-refractivity contribution is -0.126. The fourth-order valence-electron chi connectivity index (χ4n) is 2.70. The molecular formula is C17H25N3O2. The summed E-state index contributed by atoms with van der Waals surface area (Å²) in [6.45, 7) is 7.54. The van der Waals surface area contributed by atoms with Gasteiger partial charge in [-0.25, -0.2) is 4.79 Å². The van der Waals surface area contributed by atoms with Crippen LogP contribution in [0.25, 0.3) is 0 Å². The molecule has 5 nitrogen and oxygen atoms in total. The second-order valence-electron chi connectivity index (χ2n) is 5.98. The number of imide groups is 1. The first kappa shape index (κ1) is 16.5. The van der Waals surface area contributed by atoms with E-state index in [1.807, 2.05) is 0 Å². The maximum absolute atomic E-state index is 12.1. The van der Waals surface area contributed by atoms with Crippen molar-refractivity contribution in [1.82, 2.24) is 15.5 Å². The van der Waals surface area contributed by atoms with Gasteiger partial charge in [0.2, 0.25) is 5.91 Å². The summed E-state index contributed by atoms with van der Waals surface area (Å²) < 4.78 is 0. The molecule has 1 aliphatic rings. The van der Waals surface area contributed by atoms with Gasteiger partial charge in [0.25, 0.3) is 0 Å². The fraction of sp³-hybridized carbons (Fsp3) is 0.529. The van der Waals surface area contributed by atoms with E-state index in [9.17, 15) is 9.59 Å². The van der Waals surface area contributed by atoms with E-state index in [1.165, 1.54) is 16.0 Å². The monoisotopic (exact) mass is 303 g/mol. The summed E-state index contributed by atoms with van der Waals surface area (Å²) in [6, 6.07) is 8.29. The Morgan fingerprint density at radius 3 is 2.50 bits per heavy atom. The van der Waals surface area contributed by atoms with E-state index < -0.39 is 0 Å². The zero-order valence-electron chi connectivity index (χ0n) is 13.6. The number of hydrogen-bond acceptors (Lipinski definition) is 3. The van der Waals surface area contributed by atoms with Crippen molar-refractivity contribution in [2.75, 3.05) is 19.6 Å². The molecule has 0 spiro atoms. The van der Waals surface area contributed by atoms with E-state index in [4.69, 9.17) is 0 Å². The van der Waals surface area contributed by atoms with E-state index >= 15 is 0 Å². The number of nitrogens with zero attached hydrogens (tertiary/aromatic N) is 1. The third-order valence-corrected chi connectivity index (χ3v) is 4.04. The van der Waals surface area contributed by atoms with E-state index in [1.54, 1.807) is 0 Å². The second-order valence-corrected chi connectivity index (χ2v) is 5.98. The predicted octanol–water partition coefficient (Wildman–Crippen LogP) is 2.09. The lowest BCUT2D eigenvalue weighted by atomic mass is 9.95. The first-order valence-corrected chi connectivity index (χ1v) is 7.93. The molecule has 0 aromatic heterocycles. The lowest BCUT2D eigenvalue weighted by Crippen LogP contribution is -2.41. The van der Waals surface area contributed by atoms with Crippen LogP contribution in [0.15, 0.2) is 24.3 Å². The van der Waals surface area contributed by atoms with Gasteiger partial charge in [-0.05, 0) is 23.5 Å². The average molecular weight is 303 g/mol. The zero-order chi connectivity index (χ0) is 16.1. The Balaban J connectivity index is 1.99. The average Bonchev–Trinajstić information content (AvgIpc) is 2.94. The van der Waals surface area contributed by atoms with E-state index in [2.05, 4.69) is 55.7 Å². The molecule has 0 aliphatic carbocycles. The van der Waals surface area contributed by atoms with Crippen molar-refractivity contribution in [2.24, 2.45) is 5.92 Å². The van der Waals surface area contributed by atoms with Gasteiger partial charge in [0.15, 0.2) is 0 Å². The van der Waals surface area contributed by atoms with Crippen LogP contribution in [-0.2, 0) is 11.2 Å². The number of rotatable bonds is 6. The molecular weight excluding hydrogens is 278 g/mol. The number of aryl methyl sites for hydroxylation is 1. The Kier molecular flexibility index (Phi) is 5.55. The number of hydrogen-bond donors (Lipinski definition) is 2. The van der Waals surface area contributed by atoms with Crippen LogP contribution in [0.5, 0.6) is 0 Å². The topological polar surface area (TPSA) is 61.4 Å². The standard InChI is InChI=1S/C17H25N3O2/c1-4-13-5-7-14(8-6-13)16(12(2)3)19-11-15(21)20-10-9-18-17(20)22/h5-8,12,16,19H,4,9-11H2,1-3H3,(H,18,22)/t16-/m0/s1. The van der Waals surface area contributed by atoms with E-state index in [0.717, 1.165) is 6.42 Å². The molecule has 1 aromatic carbocycles. The highest BCUT2D eigenvalue weighted by molar-refractivity contribution is 5.96. The highest BCUT2D eigenvalue weighted by atomic mass is 16.2. The maximum atomic E-state index is 12.1. The summed E-state index contributed by atoms with van der Waals surface area (Å²) >= 11 is 0. The van der Waals surface area contributed by atoms with Crippen LogP contribution >= 0.6 is 0 Å². The third kappa shape index (κ3) is 3.85. The van der Waals surface area contributed by atoms with Crippen LogP contribution in [0, 0.1) is 5.92 Å². The SMILES string of the molecule is CCc1ccc([C@@H](NCC(=O)N2CCNC2=O)C(C)C)cc1. The van der Waals surface area contributed by atoms with Gasteiger partial charge < -0.3 is 10.6 Å². The van der Waals surface area contributed by atoms with Crippen LogP contribution in [-0.4, -0.2) is 36.5 Å². The minimum absolute atomic E-state index is 0.0977. The van der Waals surface area contributed by atoms with Crippen molar-refractivity contribution in [3.63, 3.8) is 0 Å². The van der Waals surface area contributed by atoms with Crippen molar-refractivity contribution >= 4 is 11.9 Å². The van der Waals surface area contributed by atoms with Gasteiger partial charge in [-0.15, -0.1) is 0 Å². The molecule has 0 radical (unpaired) electrons. The van der Waals surface area contributed by atoms with Crippen molar-refractivity contribution < 1.29 is 9.59 Å². The normalized spacial score (nSPS) is 16.0. The first-order chi connectivity index (χ1) is 10.5. The Morgan fingerprint density at radius 2 is 2.00 bits per heavy atom. The molecule has 2 N–H and O–H groups in total. The van der Waals surface area contributed by atoms with Gasteiger partial charge in [0, 0.05) is 19.1 Å². The van der Waals surface area contributed by atoms with Gasteiger partial charge in [0.1, 0.15) is 0 Å². The summed E-state index contributed by atoms with van der Waals surface area (Å²) in [5, 5.41) is 5.94. The van der Waals surface area contributed by atoms with Crippen LogP contribution < -0.4 is 10.6 Å². The van der Waals surface area contributed by atoms with Gasteiger partial charge in [-0.2, -0.15) is 0 Å². The van der Waals surface area contributed by atoms with Crippen molar-refractivity contribution in [3.8, 4) is 0 Å². The van der Waals surface area contributed by atoms with Crippen molar-refractivity contribution in [3.05, 3.63) is 35.4 Å². The molecule has 3 amide bonds. The number of carbonyl (C=O) groups excluding carboxylic acids is 2. The smallest absolute Gasteiger partial charge is 0.324 e.